The molecule has 0 amide bonds. The second kappa shape index (κ2) is 8.44. The van der Waals surface area contributed by atoms with E-state index in [-0.39, 0.29) is 17.0 Å². The van der Waals surface area contributed by atoms with E-state index < -0.39 is 4.92 Å². The molecule has 0 N–H and O–H groups in total. The molecule has 0 radical (unpaired) electrons. The summed E-state index contributed by atoms with van der Waals surface area (Å²) in [5.74, 6) is -0.356. The van der Waals surface area contributed by atoms with Gasteiger partial charge in [0.15, 0.2) is 0 Å². The van der Waals surface area contributed by atoms with E-state index in [9.17, 15) is 14.9 Å². The maximum Gasteiger partial charge on any atom is 0.270 e. The van der Waals surface area contributed by atoms with Gasteiger partial charge in [-0.15, -0.1) is 5.10 Å². The van der Waals surface area contributed by atoms with Crippen LogP contribution in [0, 0.1) is 10.1 Å². The minimum atomic E-state index is -0.533. The van der Waals surface area contributed by atoms with E-state index in [2.05, 4.69) is 15.5 Å². The second-order valence-corrected chi connectivity index (χ2v) is 6.91. The van der Waals surface area contributed by atoms with Crippen LogP contribution >= 0.6 is 11.8 Å². The average molecular weight is 396 g/mol. The van der Waals surface area contributed by atoms with Gasteiger partial charge in [-0.1, -0.05) is 30.3 Å². The van der Waals surface area contributed by atoms with Crippen molar-refractivity contribution in [1.29, 1.82) is 0 Å². The van der Waals surface area contributed by atoms with Gasteiger partial charge < -0.3 is 4.90 Å². The number of nitro benzene ring substituents is 1. The number of tetrazole rings is 1. The van der Waals surface area contributed by atoms with Crippen molar-refractivity contribution in [1.82, 2.24) is 25.1 Å². The van der Waals surface area contributed by atoms with Gasteiger partial charge in [-0.3, -0.25) is 14.9 Å². The summed E-state index contributed by atoms with van der Waals surface area (Å²) >= 11 is 1.09. The molecule has 2 aromatic carbocycles. The third kappa shape index (κ3) is 4.41. The highest BCUT2D eigenvalue weighted by molar-refractivity contribution is 8.03. The lowest BCUT2D eigenvalue weighted by atomic mass is 10.1. The number of thioether (sulfide) groups is 1. The Hall–Kier alpha value is -3.53. The summed E-state index contributed by atoms with van der Waals surface area (Å²) in [5, 5.41) is 23.1. The zero-order chi connectivity index (χ0) is 20.1. The van der Waals surface area contributed by atoms with Crippen LogP contribution in [-0.2, 0) is 0 Å². The Balaban J connectivity index is 1.95. The Labute approximate surface area is 164 Å². The van der Waals surface area contributed by atoms with Crippen molar-refractivity contribution in [2.24, 2.45) is 0 Å². The number of ketones is 1. The highest BCUT2D eigenvalue weighted by atomic mass is 32.2. The van der Waals surface area contributed by atoms with Crippen LogP contribution in [-0.4, -0.2) is 49.9 Å². The van der Waals surface area contributed by atoms with E-state index in [1.807, 2.05) is 30.3 Å². The molecule has 0 atom stereocenters. The molecular formula is C18H16N6O3S. The van der Waals surface area contributed by atoms with E-state index >= 15 is 0 Å². The third-order valence-electron chi connectivity index (χ3n) is 3.56. The fourth-order valence-corrected chi connectivity index (χ4v) is 3.32. The van der Waals surface area contributed by atoms with E-state index in [4.69, 9.17) is 0 Å². The van der Waals surface area contributed by atoms with Crippen LogP contribution in [0.15, 0.2) is 70.9 Å². The summed E-state index contributed by atoms with van der Waals surface area (Å²) in [6, 6.07) is 14.9. The number of nitro groups is 1. The monoisotopic (exact) mass is 396 g/mol. The molecule has 1 heterocycles. The van der Waals surface area contributed by atoms with Crippen molar-refractivity contribution in [3.05, 3.63) is 81.4 Å². The average Bonchev–Trinajstić information content (AvgIpc) is 3.15. The van der Waals surface area contributed by atoms with Crippen LogP contribution in [0.25, 0.3) is 5.69 Å². The predicted molar refractivity (Wildman–Crippen MR) is 104 cm³/mol. The van der Waals surface area contributed by atoms with Crippen molar-refractivity contribution in [2.45, 2.75) is 5.16 Å². The van der Waals surface area contributed by atoms with Gasteiger partial charge in [0, 0.05) is 38.0 Å². The number of aromatic nitrogens is 4. The standard InChI is InChI=1S/C18H16N6O3S/c1-22(2)12-16(17(25)13-7-6-10-15(11-13)24(26)27)28-18-19-20-21-23(18)14-8-4-3-5-9-14/h3-12H,1-2H3/b16-12-. The van der Waals surface area contributed by atoms with Crippen molar-refractivity contribution >= 4 is 23.2 Å². The van der Waals surface area contributed by atoms with Crippen LogP contribution in [0.5, 0.6) is 0 Å². The van der Waals surface area contributed by atoms with Crippen LogP contribution in [0.1, 0.15) is 10.4 Å². The van der Waals surface area contributed by atoms with Crippen LogP contribution in [0.4, 0.5) is 5.69 Å². The molecule has 0 fully saturated rings. The number of hydrogen-bond acceptors (Lipinski definition) is 8. The fraction of sp³-hybridized carbons (Fsp3) is 0.111. The number of allylic oxidation sites excluding steroid dienone is 1. The van der Waals surface area contributed by atoms with Crippen molar-refractivity contribution < 1.29 is 9.72 Å². The smallest absolute Gasteiger partial charge is 0.270 e. The van der Waals surface area contributed by atoms with Gasteiger partial charge in [0.1, 0.15) is 0 Å². The Kier molecular flexibility index (Phi) is 5.80. The van der Waals surface area contributed by atoms with Gasteiger partial charge in [-0.05, 0) is 34.3 Å². The first-order valence-electron chi connectivity index (χ1n) is 8.15. The van der Waals surface area contributed by atoms with E-state index in [0.29, 0.717) is 10.1 Å². The number of rotatable bonds is 7. The van der Waals surface area contributed by atoms with Crippen molar-refractivity contribution in [3.63, 3.8) is 0 Å². The van der Waals surface area contributed by atoms with Gasteiger partial charge >= 0.3 is 0 Å². The van der Waals surface area contributed by atoms with E-state index in [1.165, 1.54) is 22.9 Å². The summed E-state index contributed by atoms with van der Waals surface area (Å²) in [6.07, 6.45) is 1.63. The summed E-state index contributed by atoms with van der Waals surface area (Å²) in [7, 11) is 3.56. The molecule has 142 valence electrons. The highest BCUT2D eigenvalue weighted by Crippen LogP contribution is 2.29. The molecule has 3 aromatic rings. The Morgan fingerprint density at radius 2 is 1.93 bits per heavy atom. The molecule has 0 saturated heterocycles. The van der Waals surface area contributed by atoms with E-state index in [1.54, 1.807) is 31.3 Å². The molecular weight excluding hydrogens is 380 g/mol. The maximum atomic E-state index is 13.0. The van der Waals surface area contributed by atoms with Gasteiger partial charge in [-0.25, -0.2) is 0 Å². The molecule has 1 aromatic heterocycles. The quantitative estimate of drug-likeness (QED) is 0.197. The summed E-state index contributed by atoms with van der Waals surface area (Å²) in [5.41, 5.74) is 0.824. The van der Waals surface area contributed by atoms with E-state index in [0.717, 1.165) is 17.4 Å². The Morgan fingerprint density at radius 1 is 1.18 bits per heavy atom. The number of benzene rings is 2. The number of hydrogen-bond donors (Lipinski definition) is 0. The molecule has 0 aliphatic rings. The van der Waals surface area contributed by atoms with Crippen molar-refractivity contribution in [2.75, 3.05) is 14.1 Å². The molecule has 3 rings (SSSR count). The molecule has 0 saturated carbocycles. The molecule has 28 heavy (non-hydrogen) atoms. The number of nitrogens with zero attached hydrogens (tertiary/aromatic N) is 6. The number of non-ortho nitro benzene ring substituents is 1. The predicted octanol–water partition coefficient (Wildman–Crippen LogP) is 2.95. The molecule has 0 aliphatic carbocycles. The van der Waals surface area contributed by atoms with Crippen molar-refractivity contribution in [3.8, 4) is 5.69 Å². The largest absolute Gasteiger partial charge is 0.382 e. The number of carbonyl (C=O) groups excluding carboxylic acids is 1. The second-order valence-electron chi connectivity index (χ2n) is 5.90. The molecule has 0 aliphatic heterocycles. The van der Waals surface area contributed by atoms with Gasteiger partial charge in [0.05, 0.1) is 15.5 Å². The Morgan fingerprint density at radius 3 is 2.61 bits per heavy atom. The zero-order valence-corrected chi connectivity index (χ0v) is 15.9. The summed E-state index contributed by atoms with van der Waals surface area (Å²) < 4.78 is 1.52. The Bertz CT molecular complexity index is 1030. The lowest BCUT2D eigenvalue weighted by molar-refractivity contribution is -0.384. The zero-order valence-electron chi connectivity index (χ0n) is 15.1. The molecule has 0 bridgehead atoms. The summed E-state index contributed by atoms with van der Waals surface area (Å²) in [6.45, 7) is 0. The lowest BCUT2D eigenvalue weighted by Crippen LogP contribution is -2.09. The maximum absolute atomic E-state index is 13.0. The fourth-order valence-electron chi connectivity index (χ4n) is 2.34. The normalized spacial score (nSPS) is 11.3. The minimum absolute atomic E-state index is 0.144. The van der Waals surface area contributed by atoms with Gasteiger partial charge in [-0.2, -0.15) is 4.68 Å². The molecule has 0 spiro atoms. The number of Topliss-reactive ketones (excluding diaryl/α,β-unsaturated/α-hetero) is 1. The van der Waals surface area contributed by atoms with Crippen LogP contribution in [0.2, 0.25) is 0 Å². The molecule has 10 heteroatoms. The third-order valence-corrected chi connectivity index (χ3v) is 4.51. The van der Waals surface area contributed by atoms with Gasteiger partial charge in [0.2, 0.25) is 10.9 Å². The first kappa shape index (κ1) is 19.2. The highest BCUT2D eigenvalue weighted by Gasteiger charge is 2.20. The summed E-state index contributed by atoms with van der Waals surface area (Å²) in [4.78, 5) is 25.5. The topological polar surface area (TPSA) is 107 Å². The van der Waals surface area contributed by atoms with Crippen LogP contribution < -0.4 is 0 Å². The number of carbonyl (C=O) groups is 1. The number of para-hydroxylation sites is 1. The van der Waals surface area contributed by atoms with Crippen LogP contribution in [0.3, 0.4) is 0 Å². The first-order valence-corrected chi connectivity index (χ1v) is 8.96. The SMILES string of the molecule is CN(C)/C=C(\Sc1nnnn1-c1ccccc1)C(=O)c1cccc([N+](=O)[O-])c1. The van der Waals surface area contributed by atoms with Gasteiger partial charge in [0.25, 0.3) is 5.69 Å². The molecule has 0 unspecified atom stereocenters. The molecule has 9 nitrogen and oxygen atoms in total. The minimum Gasteiger partial charge on any atom is -0.382 e. The lowest BCUT2D eigenvalue weighted by Gasteiger charge is -2.11. The first-order chi connectivity index (χ1) is 13.5.